The van der Waals surface area contributed by atoms with Gasteiger partial charge in [0.25, 0.3) is 0 Å². The predicted molar refractivity (Wildman–Crippen MR) is 171 cm³/mol. The van der Waals surface area contributed by atoms with Crippen LogP contribution in [0.3, 0.4) is 0 Å². The van der Waals surface area contributed by atoms with Crippen molar-refractivity contribution in [3.8, 4) is 0 Å². The Balaban J connectivity index is 1.54. The first kappa shape index (κ1) is 34.5. The number of carbonyl (C=O) groups excluding carboxylic acids is 3. The Labute approximate surface area is 265 Å². The first-order valence-electron chi connectivity index (χ1n) is 15.8. The van der Waals surface area contributed by atoms with Crippen molar-refractivity contribution < 1.29 is 27.2 Å². The molecule has 3 amide bonds. The number of halogens is 1. The van der Waals surface area contributed by atoms with E-state index < -0.39 is 45.5 Å². The van der Waals surface area contributed by atoms with E-state index in [9.17, 15) is 22.8 Å². The van der Waals surface area contributed by atoms with Crippen molar-refractivity contribution >= 4 is 39.3 Å². The lowest BCUT2D eigenvalue weighted by Gasteiger charge is -2.36. The summed E-state index contributed by atoms with van der Waals surface area (Å²) in [5.41, 5.74) is 0.297. The molecule has 1 aromatic heterocycles. The van der Waals surface area contributed by atoms with Crippen LogP contribution in [0, 0.1) is 17.7 Å². The number of carbonyl (C=O) groups is 3. The molecule has 2 aromatic rings. The molecule has 45 heavy (non-hydrogen) atoms. The molecular formula is C31H46FN7O5S. The summed E-state index contributed by atoms with van der Waals surface area (Å²) >= 11 is 0. The van der Waals surface area contributed by atoms with Crippen molar-refractivity contribution in [1.29, 1.82) is 0 Å². The summed E-state index contributed by atoms with van der Waals surface area (Å²) in [5, 5.41) is 9.63. The minimum absolute atomic E-state index is 0.0979. The smallest absolute Gasteiger partial charge is 0.241 e. The number of hydrogen-bond donors (Lipinski definition) is 3. The van der Waals surface area contributed by atoms with Crippen molar-refractivity contribution in [2.24, 2.45) is 11.8 Å². The number of piperazine rings is 1. The largest absolute Gasteiger partial charge is 0.339 e. The summed E-state index contributed by atoms with van der Waals surface area (Å²) in [6, 6.07) is 4.71. The van der Waals surface area contributed by atoms with E-state index in [0.29, 0.717) is 56.9 Å². The van der Waals surface area contributed by atoms with Crippen molar-refractivity contribution in [3.63, 3.8) is 0 Å². The van der Waals surface area contributed by atoms with Gasteiger partial charge in [-0.05, 0) is 57.4 Å². The number of anilines is 2. The molecule has 0 bridgehead atoms. The van der Waals surface area contributed by atoms with Gasteiger partial charge >= 0.3 is 0 Å². The molecule has 2 aliphatic rings. The van der Waals surface area contributed by atoms with Gasteiger partial charge in [0.1, 0.15) is 23.6 Å². The van der Waals surface area contributed by atoms with Gasteiger partial charge < -0.3 is 20.4 Å². The molecule has 14 heteroatoms. The number of rotatable bonds is 12. The number of amides is 3. The van der Waals surface area contributed by atoms with Gasteiger partial charge in [-0.25, -0.2) is 22.2 Å². The summed E-state index contributed by atoms with van der Waals surface area (Å²) in [6.07, 6.45) is 5.86. The van der Waals surface area contributed by atoms with Crippen LogP contribution in [0.15, 0.2) is 30.5 Å². The van der Waals surface area contributed by atoms with Crippen LogP contribution in [0.4, 0.5) is 15.9 Å². The molecule has 0 spiro atoms. The Morgan fingerprint density at radius 3 is 2.29 bits per heavy atom. The second-order valence-corrected chi connectivity index (χ2v) is 14.1. The van der Waals surface area contributed by atoms with Crippen LogP contribution < -0.4 is 15.4 Å². The average molecular weight is 648 g/mol. The molecule has 3 atom stereocenters. The van der Waals surface area contributed by atoms with Crippen molar-refractivity contribution in [2.45, 2.75) is 71.4 Å². The Morgan fingerprint density at radius 1 is 1.00 bits per heavy atom. The highest BCUT2D eigenvalue weighted by Gasteiger charge is 2.37. The third kappa shape index (κ3) is 8.67. The molecule has 1 saturated heterocycles. The van der Waals surface area contributed by atoms with Crippen LogP contribution in [0.25, 0.3) is 0 Å². The third-order valence-electron chi connectivity index (χ3n) is 9.00. The molecule has 1 aromatic carbocycles. The molecule has 4 rings (SSSR count). The van der Waals surface area contributed by atoms with Gasteiger partial charge in [-0.15, -0.1) is 0 Å². The fraction of sp³-hybridized carbons (Fsp3) is 0.613. The average Bonchev–Trinajstić information content (AvgIpc) is 3.48. The molecule has 12 nitrogen and oxygen atoms in total. The molecule has 1 aliphatic carbocycles. The van der Waals surface area contributed by atoms with Gasteiger partial charge in [0.15, 0.2) is 0 Å². The second-order valence-electron chi connectivity index (χ2n) is 12.0. The first-order valence-corrected chi connectivity index (χ1v) is 17.5. The summed E-state index contributed by atoms with van der Waals surface area (Å²) in [7, 11) is -1.80. The normalized spacial score (nSPS) is 18.6. The van der Waals surface area contributed by atoms with Crippen LogP contribution in [-0.4, -0.2) is 90.7 Å². The van der Waals surface area contributed by atoms with Crippen LogP contribution in [0.5, 0.6) is 0 Å². The van der Waals surface area contributed by atoms with Crippen LogP contribution in [0.2, 0.25) is 0 Å². The van der Waals surface area contributed by atoms with E-state index in [1.807, 2.05) is 14.0 Å². The van der Waals surface area contributed by atoms with E-state index in [2.05, 4.69) is 25.4 Å². The SMILES string of the molecule is CCn1nccc1NC(=O)[C@H](C(=O)Nc1ccc([C@H](C)[C@@H](NS(=O)(=O)CC)C(=O)N2CCN(C)CC2)cc1F)C1CCCCC1. The Kier molecular flexibility index (Phi) is 11.7. The Morgan fingerprint density at radius 2 is 1.67 bits per heavy atom. The maximum absolute atomic E-state index is 15.6. The van der Waals surface area contributed by atoms with E-state index in [0.717, 1.165) is 19.3 Å². The highest BCUT2D eigenvalue weighted by Crippen LogP contribution is 2.33. The molecule has 1 saturated carbocycles. The number of sulfonamides is 1. The summed E-state index contributed by atoms with van der Waals surface area (Å²) in [6.45, 7) is 7.85. The highest BCUT2D eigenvalue weighted by atomic mass is 32.2. The predicted octanol–water partition coefficient (Wildman–Crippen LogP) is 3.00. The monoisotopic (exact) mass is 647 g/mol. The number of aryl methyl sites for hydroxylation is 1. The van der Waals surface area contributed by atoms with Gasteiger partial charge in [0.05, 0.1) is 17.6 Å². The zero-order chi connectivity index (χ0) is 32.7. The number of hydrogen-bond acceptors (Lipinski definition) is 7. The second kappa shape index (κ2) is 15.3. The quantitative estimate of drug-likeness (QED) is 0.300. The van der Waals surface area contributed by atoms with Crippen molar-refractivity contribution in [1.82, 2.24) is 24.3 Å². The molecule has 2 fully saturated rings. The van der Waals surface area contributed by atoms with E-state index in [-0.39, 0.29) is 23.3 Å². The maximum Gasteiger partial charge on any atom is 0.241 e. The van der Waals surface area contributed by atoms with Crippen molar-refractivity contribution in [3.05, 3.63) is 41.8 Å². The molecule has 248 valence electrons. The summed E-state index contributed by atoms with van der Waals surface area (Å²) < 4.78 is 44.9. The molecule has 0 unspecified atom stereocenters. The molecular weight excluding hydrogens is 601 g/mol. The van der Waals surface area contributed by atoms with Gasteiger partial charge in [-0.3, -0.25) is 14.4 Å². The number of aromatic nitrogens is 2. The zero-order valence-electron chi connectivity index (χ0n) is 26.6. The van der Waals surface area contributed by atoms with E-state index in [1.54, 1.807) is 34.8 Å². The van der Waals surface area contributed by atoms with Crippen LogP contribution >= 0.6 is 0 Å². The van der Waals surface area contributed by atoms with Gasteiger partial charge in [-0.2, -0.15) is 5.10 Å². The maximum atomic E-state index is 15.6. The molecule has 1 aliphatic heterocycles. The standard InChI is InChI=1S/C31H46FN7O5S/c1-5-39-26(14-15-33-39)35-30(41)27(22-10-8-7-9-11-22)29(40)34-25-13-12-23(20-24(25)32)21(3)28(36-45(43,44)6-2)31(42)38-18-16-37(4)17-19-38/h12-15,20-22,27-28,36H,5-11,16-19H2,1-4H3,(H,34,40)(H,35,41)/t21-,27-,28+/m0/s1. The molecule has 0 radical (unpaired) electrons. The Bertz CT molecular complexity index is 1450. The van der Waals surface area contributed by atoms with Crippen molar-refractivity contribution in [2.75, 3.05) is 49.6 Å². The van der Waals surface area contributed by atoms with Gasteiger partial charge in [0, 0.05) is 44.7 Å². The van der Waals surface area contributed by atoms with E-state index in [4.69, 9.17) is 0 Å². The summed E-state index contributed by atoms with van der Waals surface area (Å²) in [5.74, 6) is -3.82. The lowest BCUT2D eigenvalue weighted by molar-refractivity contribution is -0.135. The molecule has 2 heterocycles. The Hall–Kier alpha value is -3.36. The van der Waals surface area contributed by atoms with E-state index in [1.165, 1.54) is 19.1 Å². The minimum atomic E-state index is -3.75. The lowest BCUT2D eigenvalue weighted by Crippen LogP contribution is -2.55. The zero-order valence-corrected chi connectivity index (χ0v) is 27.4. The van der Waals surface area contributed by atoms with Crippen LogP contribution in [-0.2, 0) is 31.0 Å². The fourth-order valence-corrected chi connectivity index (χ4v) is 6.95. The first-order chi connectivity index (χ1) is 21.4. The number of likely N-dealkylation sites (N-methyl/N-ethyl adjacent to an activating group) is 1. The topological polar surface area (TPSA) is 146 Å². The van der Waals surface area contributed by atoms with Gasteiger partial charge in [0.2, 0.25) is 27.7 Å². The molecule has 3 N–H and O–H groups in total. The minimum Gasteiger partial charge on any atom is -0.339 e. The fourth-order valence-electron chi connectivity index (χ4n) is 6.10. The van der Waals surface area contributed by atoms with Gasteiger partial charge in [-0.1, -0.05) is 32.3 Å². The number of benzene rings is 1. The number of nitrogens with zero attached hydrogens (tertiary/aromatic N) is 4. The summed E-state index contributed by atoms with van der Waals surface area (Å²) in [4.78, 5) is 44.3. The van der Waals surface area contributed by atoms with Crippen LogP contribution in [0.1, 0.15) is 64.4 Å². The third-order valence-corrected chi connectivity index (χ3v) is 10.4. The lowest BCUT2D eigenvalue weighted by atomic mass is 9.79. The van der Waals surface area contributed by atoms with E-state index >= 15 is 4.39 Å². The number of nitrogens with one attached hydrogen (secondary N) is 3. The highest BCUT2D eigenvalue weighted by molar-refractivity contribution is 7.89.